The molecule has 0 unspecified atom stereocenters. The van der Waals surface area contributed by atoms with Crippen LogP contribution in [0.4, 0.5) is 5.82 Å². The molecular formula is C14H22N6O4. The summed E-state index contributed by atoms with van der Waals surface area (Å²) in [4.78, 5) is 33.7. The molecule has 0 aliphatic heterocycles. The number of ether oxygens (including phenoxy) is 1. The number of anilines is 1. The van der Waals surface area contributed by atoms with Gasteiger partial charge in [0.1, 0.15) is 11.6 Å². The number of aromatic amines is 1. The Bertz CT molecular complexity index is 768. The van der Waals surface area contributed by atoms with Gasteiger partial charge >= 0.3 is 17.7 Å². The zero-order valence-corrected chi connectivity index (χ0v) is 13.7. The van der Waals surface area contributed by atoms with Crippen molar-refractivity contribution in [2.24, 2.45) is 0 Å². The van der Waals surface area contributed by atoms with Gasteiger partial charge in [-0.1, -0.05) is 13.3 Å². The van der Waals surface area contributed by atoms with Crippen LogP contribution >= 0.6 is 0 Å². The maximum atomic E-state index is 12.1. The Morgan fingerprint density at radius 1 is 1.50 bits per heavy atom. The van der Waals surface area contributed by atoms with E-state index < -0.39 is 12.0 Å². The minimum atomic E-state index is -0.959. The fourth-order valence-electron chi connectivity index (χ4n) is 2.09. The number of nitrogen functional groups attached to an aromatic ring is 1. The van der Waals surface area contributed by atoms with Gasteiger partial charge in [-0.05, 0) is 13.3 Å². The Morgan fingerprint density at radius 3 is 2.92 bits per heavy atom. The van der Waals surface area contributed by atoms with Crippen LogP contribution in [0.3, 0.4) is 0 Å². The molecule has 0 fully saturated rings. The van der Waals surface area contributed by atoms with Crippen molar-refractivity contribution >= 4 is 23.0 Å². The van der Waals surface area contributed by atoms with E-state index in [0.29, 0.717) is 17.8 Å². The summed E-state index contributed by atoms with van der Waals surface area (Å²) in [6.07, 6.45) is 1.83. The molecule has 0 aliphatic carbocycles. The molecule has 24 heavy (non-hydrogen) atoms. The first-order valence-electron chi connectivity index (χ1n) is 7.79. The molecule has 0 saturated carbocycles. The lowest BCUT2D eigenvalue weighted by atomic mass is 10.3. The molecule has 1 atom stereocenters. The van der Waals surface area contributed by atoms with Crippen molar-refractivity contribution in [1.82, 2.24) is 24.8 Å². The van der Waals surface area contributed by atoms with E-state index in [2.05, 4.69) is 20.3 Å². The zero-order chi connectivity index (χ0) is 17.7. The summed E-state index contributed by atoms with van der Waals surface area (Å²) >= 11 is 0. The molecule has 10 heteroatoms. The maximum Gasteiger partial charge on any atom is 0.327 e. The van der Waals surface area contributed by atoms with E-state index in [1.54, 1.807) is 0 Å². The van der Waals surface area contributed by atoms with Gasteiger partial charge in [-0.2, -0.15) is 9.97 Å². The normalized spacial score (nSPS) is 12.4. The van der Waals surface area contributed by atoms with Crippen LogP contribution in [0, 0.1) is 0 Å². The predicted octanol–water partition coefficient (Wildman–Crippen LogP) is -0.0566. The summed E-state index contributed by atoms with van der Waals surface area (Å²) < 4.78 is 6.83. The highest BCUT2D eigenvalue weighted by Gasteiger charge is 2.15. The van der Waals surface area contributed by atoms with Gasteiger partial charge in [0, 0.05) is 13.1 Å². The lowest BCUT2D eigenvalue weighted by molar-refractivity contribution is -0.139. The number of aliphatic carboxylic acids is 1. The smallest absolute Gasteiger partial charge is 0.327 e. The number of nitrogens with one attached hydrogen (secondary N) is 2. The first kappa shape index (κ1) is 17.7. The molecule has 0 aromatic carbocycles. The minimum absolute atomic E-state index is 0.119. The predicted molar refractivity (Wildman–Crippen MR) is 88.1 cm³/mol. The molecule has 10 nitrogen and oxygen atoms in total. The van der Waals surface area contributed by atoms with Crippen molar-refractivity contribution in [1.29, 1.82) is 0 Å². The third-order valence-corrected chi connectivity index (χ3v) is 3.52. The second-order valence-corrected chi connectivity index (χ2v) is 5.39. The Hall–Kier alpha value is -2.62. The summed E-state index contributed by atoms with van der Waals surface area (Å²) in [5.41, 5.74) is 6.14. The summed E-state index contributed by atoms with van der Waals surface area (Å²) in [5.74, 6) is -0.825. The molecule has 0 amide bonds. The molecule has 0 radical (unpaired) electrons. The number of rotatable bonds is 9. The third kappa shape index (κ3) is 4.02. The van der Waals surface area contributed by atoms with Gasteiger partial charge < -0.3 is 25.9 Å². The average Bonchev–Trinajstić information content (AvgIpc) is 2.84. The number of carbonyl (C=O) groups is 1. The minimum Gasteiger partial charge on any atom is -0.480 e. The maximum absolute atomic E-state index is 12.1. The number of carboxylic acids is 1. The highest BCUT2D eigenvalue weighted by Crippen LogP contribution is 2.17. The highest BCUT2D eigenvalue weighted by atomic mass is 16.5. The molecule has 2 heterocycles. The van der Waals surface area contributed by atoms with Crippen molar-refractivity contribution < 1.29 is 14.6 Å². The van der Waals surface area contributed by atoms with Crippen LogP contribution in [0.1, 0.15) is 26.7 Å². The van der Waals surface area contributed by atoms with Gasteiger partial charge in [-0.25, -0.2) is 4.79 Å². The molecule has 2 rings (SSSR count). The lowest BCUT2D eigenvalue weighted by Crippen LogP contribution is -2.36. The van der Waals surface area contributed by atoms with Gasteiger partial charge in [0.05, 0.1) is 6.61 Å². The van der Waals surface area contributed by atoms with Crippen molar-refractivity contribution in [3.05, 3.63) is 10.5 Å². The summed E-state index contributed by atoms with van der Waals surface area (Å²) in [6, 6.07) is -0.591. The van der Waals surface area contributed by atoms with Gasteiger partial charge in [-0.3, -0.25) is 9.36 Å². The first-order valence-corrected chi connectivity index (χ1v) is 7.79. The van der Waals surface area contributed by atoms with Gasteiger partial charge in [0.15, 0.2) is 11.5 Å². The first-order chi connectivity index (χ1) is 11.4. The van der Waals surface area contributed by atoms with E-state index in [-0.39, 0.29) is 30.6 Å². The largest absolute Gasteiger partial charge is 0.480 e. The Kier molecular flexibility index (Phi) is 5.74. The molecule has 0 aliphatic rings. The van der Waals surface area contributed by atoms with Crippen LogP contribution < -0.4 is 21.5 Å². The zero-order valence-electron chi connectivity index (χ0n) is 13.7. The number of fused-ring (bicyclic) bond motifs is 1. The van der Waals surface area contributed by atoms with Crippen LogP contribution in [0.5, 0.6) is 6.01 Å². The molecule has 0 spiro atoms. The van der Waals surface area contributed by atoms with Crippen molar-refractivity contribution in [3.8, 4) is 6.01 Å². The molecule has 132 valence electrons. The van der Waals surface area contributed by atoms with Crippen molar-refractivity contribution in [3.63, 3.8) is 0 Å². The van der Waals surface area contributed by atoms with Gasteiger partial charge in [-0.15, -0.1) is 0 Å². The second kappa shape index (κ2) is 7.77. The molecule has 0 saturated heterocycles. The van der Waals surface area contributed by atoms with Gasteiger partial charge in [0.2, 0.25) is 0 Å². The van der Waals surface area contributed by atoms with E-state index in [4.69, 9.17) is 15.6 Å². The number of unbranched alkanes of at least 4 members (excludes halogenated alkanes) is 1. The number of carboxylic acid groups (broad SMARTS) is 1. The number of hydrogen-bond acceptors (Lipinski definition) is 7. The Morgan fingerprint density at radius 2 is 2.25 bits per heavy atom. The number of imidazole rings is 1. The van der Waals surface area contributed by atoms with E-state index in [0.717, 1.165) is 12.8 Å². The number of nitrogens with two attached hydrogens (primary N) is 1. The molecule has 2 aromatic heterocycles. The molecule has 5 N–H and O–H groups in total. The van der Waals surface area contributed by atoms with Crippen LogP contribution in [0.15, 0.2) is 4.79 Å². The van der Waals surface area contributed by atoms with Crippen LogP contribution in [-0.2, 0) is 11.3 Å². The SMILES string of the molecule is CCCCOc1nc(N)c2[nH]c(=O)n(CCN[C@@H](C)C(=O)O)c2n1. The van der Waals surface area contributed by atoms with E-state index in [9.17, 15) is 9.59 Å². The molecule has 2 aromatic rings. The fourth-order valence-corrected chi connectivity index (χ4v) is 2.09. The van der Waals surface area contributed by atoms with E-state index >= 15 is 0 Å². The number of aromatic nitrogens is 4. The monoisotopic (exact) mass is 338 g/mol. The van der Waals surface area contributed by atoms with E-state index in [1.807, 2.05) is 6.92 Å². The number of nitrogens with zero attached hydrogens (tertiary/aromatic N) is 3. The van der Waals surface area contributed by atoms with Crippen molar-refractivity contribution in [2.75, 3.05) is 18.9 Å². The lowest BCUT2D eigenvalue weighted by Gasteiger charge is -2.09. The number of H-pyrrole nitrogens is 1. The topological polar surface area (TPSA) is 148 Å². The van der Waals surface area contributed by atoms with Gasteiger partial charge in [0.25, 0.3) is 0 Å². The highest BCUT2D eigenvalue weighted by molar-refractivity contribution is 5.81. The van der Waals surface area contributed by atoms with Crippen LogP contribution in [-0.4, -0.2) is 49.8 Å². The van der Waals surface area contributed by atoms with Crippen LogP contribution in [0.2, 0.25) is 0 Å². The Labute approximate surface area is 138 Å². The molecular weight excluding hydrogens is 316 g/mol. The fraction of sp³-hybridized carbons (Fsp3) is 0.571. The second-order valence-electron chi connectivity index (χ2n) is 5.39. The quantitative estimate of drug-likeness (QED) is 0.465. The Balaban J connectivity index is 2.20. The van der Waals surface area contributed by atoms with Crippen LogP contribution in [0.25, 0.3) is 11.2 Å². The third-order valence-electron chi connectivity index (χ3n) is 3.52. The molecule has 0 bridgehead atoms. The van der Waals surface area contributed by atoms with Crippen molar-refractivity contribution in [2.45, 2.75) is 39.3 Å². The summed E-state index contributed by atoms with van der Waals surface area (Å²) in [7, 11) is 0. The average molecular weight is 338 g/mol. The summed E-state index contributed by atoms with van der Waals surface area (Å²) in [5, 5.41) is 11.7. The summed E-state index contributed by atoms with van der Waals surface area (Å²) in [6.45, 7) is 4.56. The number of hydrogen-bond donors (Lipinski definition) is 4. The standard InChI is InChI=1S/C14H22N6O4/c1-3-4-7-24-13-18-10(15)9-11(19-13)20(14(23)17-9)6-5-16-8(2)12(21)22/h8,16H,3-7H2,1-2H3,(H,17,23)(H,21,22)(H2,15,18,19)/t8-/m0/s1. The van der Waals surface area contributed by atoms with E-state index in [1.165, 1.54) is 11.5 Å².